The molecule has 1 heterocycles. The van der Waals surface area contributed by atoms with Crippen LogP contribution in [-0.4, -0.2) is 52.6 Å². The second kappa shape index (κ2) is 11.9. The molecule has 3 rings (SSSR count). The van der Waals surface area contributed by atoms with E-state index in [-0.39, 0.29) is 24.0 Å². The number of likely N-dealkylation sites (tertiary alicyclic amines) is 1. The van der Waals surface area contributed by atoms with Crippen LogP contribution in [0.4, 0.5) is 0 Å². The molecular formula is C26H37N3O4S. The van der Waals surface area contributed by atoms with E-state index in [0.717, 1.165) is 30.8 Å². The Balaban J connectivity index is 1.69. The van der Waals surface area contributed by atoms with Crippen molar-refractivity contribution in [3.63, 3.8) is 0 Å². The van der Waals surface area contributed by atoms with Crippen molar-refractivity contribution < 1.29 is 17.9 Å². The van der Waals surface area contributed by atoms with Crippen molar-refractivity contribution in [1.29, 1.82) is 0 Å². The summed E-state index contributed by atoms with van der Waals surface area (Å²) in [4.78, 5) is 15.6. The van der Waals surface area contributed by atoms with Gasteiger partial charge in [-0.3, -0.25) is 9.69 Å². The highest BCUT2D eigenvalue weighted by Crippen LogP contribution is 2.23. The van der Waals surface area contributed by atoms with E-state index in [4.69, 9.17) is 4.74 Å². The van der Waals surface area contributed by atoms with Gasteiger partial charge in [0.05, 0.1) is 11.5 Å². The number of sulfonamides is 1. The van der Waals surface area contributed by atoms with Crippen molar-refractivity contribution in [3.05, 3.63) is 64.7 Å². The molecule has 0 aromatic heterocycles. The summed E-state index contributed by atoms with van der Waals surface area (Å²) in [7, 11) is -2.21. The molecule has 1 saturated heterocycles. The first kappa shape index (κ1) is 26.3. The van der Waals surface area contributed by atoms with Crippen molar-refractivity contribution in [2.24, 2.45) is 11.8 Å². The summed E-state index contributed by atoms with van der Waals surface area (Å²) in [5, 5.41) is 2.99. The Morgan fingerprint density at radius 1 is 1.09 bits per heavy atom. The van der Waals surface area contributed by atoms with Gasteiger partial charge < -0.3 is 10.1 Å². The first-order chi connectivity index (χ1) is 16.2. The molecule has 2 aromatic rings. The first-order valence-corrected chi connectivity index (χ1v) is 13.3. The number of nitrogens with zero attached hydrogens (tertiary/aromatic N) is 1. The molecule has 0 spiro atoms. The molecule has 1 amide bonds. The first-order valence-electron chi connectivity index (χ1n) is 11.9. The Morgan fingerprint density at radius 3 is 2.44 bits per heavy atom. The molecule has 7 nitrogen and oxygen atoms in total. The Kier molecular flexibility index (Phi) is 9.24. The molecule has 0 bridgehead atoms. The number of rotatable bonds is 10. The van der Waals surface area contributed by atoms with Gasteiger partial charge in [0.15, 0.2) is 0 Å². The van der Waals surface area contributed by atoms with E-state index < -0.39 is 10.0 Å². The number of hydrogen-bond donors (Lipinski definition) is 2. The Morgan fingerprint density at radius 2 is 1.76 bits per heavy atom. The van der Waals surface area contributed by atoms with Crippen LogP contribution in [0.1, 0.15) is 47.3 Å². The fourth-order valence-electron chi connectivity index (χ4n) is 4.69. The lowest BCUT2D eigenvalue weighted by atomic mass is 9.91. The molecule has 8 heteroatoms. The highest BCUT2D eigenvalue weighted by Gasteiger charge is 2.22. The standard InChI is InChI=1S/C26H37N3O4S/c1-19-13-20(2)17-29(16-19)18-23-8-6-5-7-22(23)15-27-26(30)25-14-24(10-9-21(25)3)34(31,32)28-11-12-33-4/h5-10,14,19-20,28H,11-13,15-18H2,1-4H3,(H,27,30). The maximum absolute atomic E-state index is 13.0. The van der Waals surface area contributed by atoms with Gasteiger partial charge in [0.1, 0.15) is 0 Å². The van der Waals surface area contributed by atoms with Gasteiger partial charge in [-0.05, 0) is 54.0 Å². The summed E-state index contributed by atoms with van der Waals surface area (Å²) in [5.41, 5.74) is 3.35. The third kappa shape index (κ3) is 7.12. The number of nitrogens with one attached hydrogen (secondary N) is 2. The second-order valence-corrected chi connectivity index (χ2v) is 11.2. The number of amides is 1. The van der Waals surface area contributed by atoms with E-state index in [2.05, 4.69) is 34.9 Å². The van der Waals surface area contributed by atoms with Crippen LogP contribution < -0.4 is 10.0 Å². The molecule has 2 unspecified atom stereocenters. The van der Waals surface area contributed by atoms with E-state index in [1.807, 2.05) is 18.2 Å². The maximum Gasteiger partial charge on any atom is 0.251 e. The van der Waals surface area contributed by atoms with Crippen molar-refractivity contribution in [3.8, 4) is 0 Å². The third-order valence-electron chi connectivity index (χ3n) is 6.26. The van der Waals surface area contributed by atoms with Crippen LogP contribution in [0, 0.1) is 18.8 Å². The molecule has 1 aliphatic heterocycles. The maximum atomic E-state index is 13.0. The SMILES string of the molecule is COCCNS(=O)(=O)c1ccc(C)c(C(=O)NCc2ccccc2CN2CC(C)CC(C)C2)c1. The van der Waals surface area contributed by atoms with Crippen molar-refractivity contribution >= 4 is 15.9 Å². The van der Waals surface area contributed by atoms with Gasteiger partial charge in [-0.1, -0.05) is 44.2 Å². The number of piperidine rings is 1. The highest BCUT2D eigenvalue weighted by molar-refractivity contribution is 7.89. The van der Waals surface area contributed by atoms with Gasteiger partial charge in [-0.15, -0.1) is 0 Å². The average molecular weight is 488 g/mol. The number of aryl methyl sites for hydroxylation is 1. The van der Waals surface area contributed by atoms with Crippen LogP contribution in [0.2, 0.25) is 0 Å². The zero-order valence-corrected chi connectivity index (χ0v) is 21.5. The van der Waals surface area contributed by atoms with Crippen LogP contribution in [-0.2, 0) is 27.8 Å². The quantitative estimate of drug-likeness (QED) is 0.502. The van der Waals surface area contributed by atoms with Gasteiger partial charge in [-0.25, -0.2) is 13.1 Å². The molecule has 2 atom stereocenters. The largest absolute Gasteiger partial charge is 0.383 e. The molecule has 0 radical (unpaired) electrons. The zero-order chi connectivity index (χ0) is 24.7. The zero-order valence-electron chi connectivity index (χ0n) is 20.6. The number of methoxy groups -OCH3 is 1. The minimum Gasteiger partial charge on any atom is -0.383 e. The Hall–Kier alpha value is -2.26. The molecule has 1 aliphatic rings. The van der Waals surface area contributed by atoms with Gasteiger partial charge in [0.25, 0.3) is 5.91 Å². The number of carbonyl (C=O) groups excluding carboxylic acids is 1. The number of hydrogen-bond acceptors (Lipinski definition) is 5. The molecule has 0 saturated carbocycles. The molecule has 186 valence electrons. The molecule has 1 fully saturated rings. The highest BCUT2D eigenvalue weighted by atomic mass is 32.2. The predicted octanol–water partition coefficient (Wildman–Crippen LogP) is 3.33. The molecule has 34 heavy (non-hydrogen) atoms. The van der Waals surface area contributed by atoms with Crippen LogP contribution in [0.15, 0.2) is 47.4 Å². The summed E-state index contributed by atoms with van der Waals surface area (Å²) < 4.78 is 32.5. The monoisotopic (exact) mass is 487 g/mol. The Labute approximate surface area is 203 Å². The second-order valence-electron chi connectivity index (χ2n) is 9.46. The van der Waals surface area contributed by atoms with E-state index in [1.54, 1.807) is 13.0 Å². The average Bonchev–Trinajstić information content (AvgIpc) is 2.78. The summed E-state index contributed by atoms with van der Waals surface area (Å²) in [6.45, 7) is 10.3. The molecule has 0 aliphatic carbocycles. The van der Waals surface area contributed by atoms with Gasteiger partial charge in [0.2, 0.25) is 10.0 Å². The predicted molar refractivity (Wildman–Crippen MR) is 134 cm³/mol. The minimum absolute atomic E-state index is 0.0630. The summed E-state index contributed by atoms with van der Waals surface area (Å²) in [5.74, 6) is 1.08. The fourth-order valence-corrected chi connectivity index (χ4v) is 5.73. The number of carbonyl (C=O) groups is 1. The normalized spacial score (nSPS) is 19.2. The molecular weight excluding hydrogens is 450 g/mol. The van der Waals surface area contributed by atoms with Crippen LogP contribution in [0.3, 0.4) is 0 Å². The number of benzene rings is 2. The Bertz CT molecular complexity index is 1080. The van der Waals surface area contributed by atoms with Crippen molar-refractivity contribution in [1.82, 2.24) is 14.9 Å². The fraction of sp³-hybridized carbons (Fsp3) is 0.500. The van der Waals surface area contributed by atoms with Crippen molar-refractivity contribution in [2.75, 3.05) is 33.4 Å². The van der Waals surface area contributed by atoms with E-state index in [1.165, 1.54) is 31.2 Å². The van der Waals surface area contributed by atoms with E-state index in [9.17, 15) is 13.2 Å². The lowest BCUT2D eigenvalue weighted by Crippen LogP contribution is -2.38. The summed E-state index contributed by atoms with van der Waals surface area (Å²) >= 11 is 0. The number of ether oxygens (including phenoxy) is 1. The van der Waals surface area contributed by atoms with Crippen LogP contribution in [0.25, 0.3) is 0 Å². The lowest BCUT2D eigenvalue weighted by molar-refractivity contribution is 0.0949. The molecule has 2 N–H and O–H groups in total. The van der Waals surface area contributed by atoms with E-state index in [0.29, 0.717) is 23.9 Å². The van der Waals surface area contributed by atoms with Crippen LogP contribution >= 0.6 is 0 Å². The summed E-state index contributed by atoms with van der Waals surface area (Å²) in [6, 6.07) is 12.8. The minimum atomic E-state index is -3.72. The topological polar surface area (TPSA) is 87.7 Å². The van der Waals surface area contributed by atoms with Gasteiger partial charge in [0, 0.05) is 45.4 Å². The summed E-state index contributed by atoms with van der Waals surface area (Å²) in [6.07, 6.45) is 1.27. The molecule has 2 aromatic carbocycles. The van der Waals surface area contributed by atoms with E-state index >= 15 is 0 Å². The van der Waals surface area contributed by atoms with Crippen LogP contribution in [0.5, 0.6) is 0 Å². The third-order valence-corrected chi connectivity index (χ3v) is 7.72. The smallest absolute Gasteiger partial charge is 0.251 e. The van der Waals surface area contributed by atoms with Gasteiger partial charge in [-0.2, -0.15) is 0 Å². The van der Waals surface area contributed by atoms with Crippen molar-refractivity contribution in [2.45, 2.75) is 45.2 Å². The lowest BCUT2D eigenvalue weighted by Gasteiger charge is -2.35. The van der Waals surface area contributed by atoms with Gasteiger partial charge >= 0.3 is 0 Å².